The van der Waals surface area contributed by atoms with Crippen LogP contribution in [0.5, 0.6) is 0 Å². The normalized spacial score (nSPS) is 12.9. The third-order valence-corrected chi connectivity index (χ3v) is 4.63. The summed E-state index contributed by atoms with van der Waals surface area (Å²) in [5, 5.41) is 6.97. The van der Waals surface area contributed by atoms with Crippen molar-refractivity contribution in [1.82, 2.24) is 25.0 Å². The van der Waals surface area contributed by atoms with Crippen LogP contribution in [0.15, 0.2) is 67.8 Å². The number of benzene rings is 2. The predicted octanol–water partition coefficient (Wildman–Crippen LogP) is 2.07. The number of rotatable bonds is 6. The lowest BCUT2D eigenvalue weighted by Crippen LogP contribution is -2.36. The highest BCUT2D eigenvalue weighted by Gasteiger charge is 2.31. The molecule has 2 amide bonds. The van der Waals surface area contributed by atoms with Crippen molar-refractivity contribution in [3.8, 4) is 0 Å². The second-order valence-corrected chi connectivity index (χ2v) is 6.57. The van der Waals surface area contributed by atoms with Crippen LogP contribution < -0.4 is 5.32 Å². The number of nitrogens with zero attached hydrogens (tertiary/aromatic N) is 4. The summed E-state index contributed by atoms with van der Waals surface area (Å²) < 4.78 is 1.74. The molecule has 0 aliphatic carbocycles. The zero-order valence-corrected chi connectivity index (χ0v) is 15.2. The Balaban J connectivity index is 1.35. The highest BCUT2D eigenvalue weighted by Crippen LogP contribution is 2.30. The van der Waals surface area contributed by atoms with Gasteiger partial charge in [-0.2, -0.15) is 5.10 Å². The fraction of sp³-hybridized carbons (Fsp3) is 0.143. The monoisotopic (exact) mass is 373 g/mol. The van der Waals surface area contributed by atoms with Gasteiger partial charge >= 0.3 is 0 Å². The first-order chi connectivity index (χ1) is 13.6. The molecule has 0 atom stereocenters. The van der Waals surface area contributed by atoms with E-state index in [9.17, 15) is 9.59 Å². The molecule has 140 valence electrons. The molecular formula is C21H19N5O2. The zero-order valence-electron chi connectivity index (χ0n) is 15.2. The number of amides is 2. The third kappa shape index (κ3) is 3.55. The molecule has 7 nitrogen and oxygen atoms in total. The molecule has 1 N–H and O–H groups in total. The van der Waals surface area contributed by atoms with Gasteiger partial charge in [0.25, 0.3) is 5.91 Å². The molecule has 0 bridgehead atoms. The average Bonchev–Trinajstić information content (AvgIpc) is 3.30. The summed E-state index contributed by atoms with van der Waals surface area (Å²) in [6.45, 7) is 4.90. The van der Waals surface area contributed by atoms with Crippen LogP contribution in [0.25, 0.3) is 5.70 Å². The first-order valence-corrected chi connectivity index (χ1v) is 8.89. The van der Waals surface area contributed by atoms with Gasteiger partial charge in [-0.3, -0.25) is 14.5 Å². The summed E-state index contributed by atoms with van der Waals surface area (Å²) in [4.78, 5) is 30.2. The Morgan fingerprint density at radius 2 is 1.86 bits per heavy atom. The van der Waals surface area contributed by atoms with E-state index >= 15 is 0 Å². The lowest BCUT2D eigenvalue weighted by atomic mass is 10.1. The van der Waals surface area contributed by atoms with Gasteiger partial charge in [0.2, 0.25) is 5.91 Å². The van der Waals surface area contributed by atoms with E-state index in [0.29, 0.717) is 24.4 Å². The summed E-state index contributed by atoms with van der Waals surface area (Å²) in [5.41, 5.74) is 3.96. The summed E-state index contributed by atoms with van der Waals surface area (Å²) >= 11 is 0. The van der Waals surface area contributed by atoms with E-state index in [2.05, 4.69) is 22.0 Å². The maximum absolute atomic E-state index is 12.5. The Labute approximate surface area is 162 Å². The molecule has 0 unspecified atom stereocenters. The molecule has 0 saturated carbocycles. The summed E-state index contributed by atoms with van der Waals surface area (Å²) in [6.07, 6.45) is 3.16. The van der Waals surface area contributed by atoms with E-state index in [1.165, 1.54) is 11.2 Å². The summed E-state index contributed by atoms with van der Waals surface area (Å²) in [5.74, 6) is -0.422. The van der Waals surface area contributed by atoms with Gasteiger partial charge in [0.15, 0.2) is 0 Å². The van der Waals surface area contributed by atoms with Crippen LogP contribution in [0, 0.1) is 0 Å². The summed E-state index contributed by atoms with van der Waals surface area (Å²) in [7, 11) is 0. The first kappa shape index (κ1) is 17.7. The molecule has 28 heavy (non-hydrogen) atoms. The van der Waals surface area contributed by atoms with Gasteiger partial charge in [-0.05, 0) is 17.2 Å². The van der Waals surface area contributed by atoms with Gasteiger partial charge in [-0.25, -0.2) is 9.67 Å². The minimum absolute atomic E-state index is 0.0506. The van der Waals surface area contributed by atoms with Crippen molar-refractivity contribution >= 4 is 17.5 Å². The van der Waals surface area contributed by atoms with Crippen molar-refractivity contribution in [2.45, 2.75) is 13.1 Å². The Morgan fingerprint density at radius 1 is 1.07 bits per heavy atom. The smallest absolute Gasteiger partial charge is 0.259 e. The number of carbonyl (C=O) groups excluding carboxylic acids is 2. The SMILES string of the molecule is C=C1c2ccccc2C(=O)N1CC(=O)NCc1cccc(Cn2cncn2)c1. The Bertz CT molecular complexity index is 1010. The molecule has 0 radical (unpaired) electrons. The lowest BCUT2D eigenvalue weighted by Gasteiger charge is -2.17. The molecule has 3 aromatic rings. The molecule has 1 aromatic heterocycles. The molecule has 4 rings (SSSR count). The van der Waals surface area contributed by atoms with Crippen LogP contribution in [0.2, 0.25) is 0 Å². The predicted molar refractivity (Wildman–Crippen MR) is 104 cm³/mol. The van der Waals surface area contributed by atoms with Crippen LogP contribution in [0.4, 0.5) is 0 Å². The Morgan fingerprint density at radius 3 is 2.61 bits per heavy atom. The maximum Gasteiger partial charge on any atom is 0.259 e. The van der Waals surface area contributed by atoms with E-state index < -0.39 is 0 Å². The standard InChI is InChI=1S/C21H19N5O2/c1-15-18-7-2-3-8-19(18)21(28)26(15)12-20(27)23-10-16-5-4-6-17(9-16)11-25-14-22-13-24-25/h2-9,13-14H,1,10-12H2,(H,23,27). The van der Waals surface area contributed by atoms with E-state index in [1.54, 1.807) is 23.1 Å². The first-order valence-electron chi connectivity index (χ1n) is 8.89. The summed E-state index contributed by atoms with van der Waals surface area (Å²) in [6, 6.07) is 15.1. The van der Waals surface area contributed by atoms with Gasteiger partial charge in [-0.15, -0.1) is 0 Å². The quantitative estimate of drug-likeness (QED) is 0.717. The van der Waals surface area contributed by atoms with Gasteiger partial charge in [0.05, 0.1) is 6.54 Å². The van der Waals surface area contributed by atoms with E-state index in [-0.39, 0.29) is 18.4 Å². The number of fused-ring (bicyclic) bond motifs is 1. The Kier molecular flexibility index (Phi) is 4.72. The van der Waals surface area contributed by atoms with E-state index in [1.807, 2.05) is 36.4 Å². The minimum atomic E-state index is -0.232. The number of hydrogen-bond acceptors (Lipinski definition) is 4. The number of hydrogen-bond donors (Lipinski definition) is 1. The van der Waals surface area contributed by atoms with Crippen molar-refractivity contribution in [1.29, 1.82) is 0 Å². The number of nitrogens with one attached hydrogen (secondary N) is 1. The van der Waals surface area contributed by atoms with E-state index in [4.69, 9.17) is 0 Å². The number of carbonyl (C=O) groups is 2. The van der Waals surface area contributed by atoms with Crippen LogP contribution in [0.1, 0.15) is 27.0 Å². The zero-order chi connectivity index (χ0) is 19.5. The largest absolute Gasteiger partial charge is 0.350 e. The maximum atomic E-state index is 12.5. The van der Waals surface area contributed by atoms with Crippen molar-refractivity contribution in [2.75, 3.05) is 6.54 Å². The van der Waals surface area contributed by atoms with Crippen molar-refractivity contribution in [2.24, 2.45) is 0 Å². The number of aromatic nitrogens is 3. The minimum Gasteiger partial charge on any atom is -0.350 e. The molecule has 1 aliphatic rings. The van der Waals surface area contributed by atoms with Crippen molar-refractivity contribution in [3.05, 3.63) is 90.0 Å². The fourth-order valence-corrected chi connectivity index (χ4v) is 3.24. The molecule has 2 heterocycles. The highest BCUT2D eigenvalue weighted by atomic mass is 16.2. The second kappa shape index (κ2) is 7.48. The molecule has 0 spiro atoms. The second-order valence-electron chi connectivity index (χ2n) is 6.57. The average molecular weight is 373 g/mol. The third-order valence-electron chi connectivity index (χ3n) is 4.63. The highest BCUT2D eigenvalue weighted by molar-refractivity contribution is 6.10. The van der Waals surface area contributed by atoms with Crippen LogP contribution in [0.3, 0.4) is 0 Å². The van der Waals surface area contributed by atoms with Crippen LogP contribution in [-0.2, 0) is 17.9 Å². The van der Waals surface area contributed by atoms with Crippen molar-refractivity contribution < 1.29 is 9.59 Å². The Hall–Kier alpha value is -3.74. The molecule has 0 fully saturated rings. The van der Waals surface area contributed by atoms with Gasteiger partial charge < -0.3 is 5.32 Å². The molecule has 1 aliphatic heterocycles. The van der Waals surface area contributed by atoms with Crippen LogP contribution >= 0.6 is 0 Å². The molecule has 7 heteroatoms. The van der Waals surface area contributed by atoms with Crippen molar-refractivity contribution in [3.63, 3.8) is 0 Å². The van der Waals surface area contributed by atoms with Gasteiger partial charge in [0, 0.05) is 23.4 Å². The van der Waals surface area contributed by atoms with E-state index in [0.717, 1.165) is 16.7 Å². The lowest BCUT2D eigenvalue weighted by molar-refractivity contribution is -0.121. The van der Waals surface area contributed by atoms with Gasteiger partial charge in [0.1, 0.15) is 19.2 Å². The molecule has 2 aromatic carbocycles. The molecule has 0 saturated heterocycles. The molecular weight excluding hydrogens is 354 g/mol. The van der Waals surface area contributed by atoms with Crippen LogP contribution in [-0.4, -0.2) is 38.0 Å². The fourth-order valence-electron chi connectivity index (χ4n) is 3.24. The topological polar surface area (TPSA) is 80.1 Å². The van der Waals surface area contributed by atoms with Gasteiger partial charge in [-0.1, -0.05) is 49.0 Å².